The van der Waals surface area contributed by atoms with Crippen LogP contribution in [0.3, 0.4) is 0 Å². The maximum Gasteiger partial charge on any atom is 0.255 e. The number of carbonyl (C=O) groups is 3. The van der Waals surface area contributed by atoms with Crippen molar-refractivity contribution in [2.45, 2.75) is 13.5 Å². The standard InChI is InChI=1S/C33H30Cl2N4O4/c1-21-6-10-23-4-3-5-28(31(23)37-21)43-20-26-27(34)14-13-25(30(26)35)33(42)39-18-16-38(17-19-39)29(40)15-9-22-7-11-24(12-8-22)32(41)36-2/h3-15H,16-20H2,1-2H3,(H,36,41). The van der Waals surface area contributed by atoms with Crippen LogP contribution in [0.4, 0.5) is 0 Å². The zero-order valence-electron chi connectivity index (χ0n) is 23.8. The molecule has 5 rings (SSSR count). The fraction of sp³-hybridized carbons (Fsp3) is 0.212. The molecule has 1 aliphatic rings. The Bertz CT molecular complexity index is 1710. The third kappa shape index (κ3) is 6.82. The molecule has 10 heteroatoms. The maximum atomic E-state index is 13.5. The molecule has 0 spiro atoms. The molecule has 1 aromatic heterocycles. The van der Waals surface area contributed by atoms with Crippen LogP contribution >= 0.6 is 23.2 Å². The summed E-state index contributed by atoms with van der Waals surface area (Å²) in [5.74, 6) is 0.0478. The van der Waals surface area contributed by atoms with E-state index in [1.807, 2.05) is 37.3 Å². The summed E-state index contributed by atoms with van der Waals surface area (Å²) in [6.07, 6.45) is 3.21. The van der Waals surface area contributed by atoms with Crippen molar-refractivity contribution in [3.05, 3.63) is 111 Å². The Hall–Kier alpha value is -4.40. The van der Waals surface area contributed by atoms with Gasteiger partial charge in [-0.05, 0) is 55.0 Å². The van der Waals surface area contributed by atoms with Gasteiger partial charge < -0.3 is 19.9 Å². The Morgan fingerprint density at radius 1 is 0.930 bits per heavy atom. The number of nitrogens with one attached hydrogen (secondary N) is 1. The summed E-state index contributed by atoms with van der Waals surface area (Å²) in [7, 11) is 1.58. The van der Waals surface area contributed by atoms with E-state index in [1.54, 1.807) is 59.3 Å². The smallest absolute Gasteiger partial charge is 0.255 e. The van der Waals surface area contributed by atoms with Crippen LogP contribution in [0.25, 0.3) is 17.0 Å². The fourth-order valence-electron chi connectivity index (χ4n) is 4.84. The van der Waals surface area contributed by atoms with Crippen LogP contribution in [0.5, 0.6) is 5.75 Å². The second-order valence-electron chi connectivity index (χ2n) is 10.1. The van der Waals surface area contributed by atoms with E-state index in [-0.39, 0.29) is 29.4 Å². The van der Waals surface area contributed by atoms with Gasteiger partial charge in [-0.25, -0.2) is 4.98 Å². The molecule has 1 fully saturated rings. The molecule has 3 amide bonds. The lowest BCUT2D eigenvalue weighted by molar-refractivity contribution is -0.127. The minimum atomic E-state index is -0.232. The first-order chi connectivity index (χ1) is 20.7. The van der Waals surface area contributed by atoms with Gasteiger partial charge in [0.05, 0.1) is 10.6 Å². The van der Waals surface area contributed by atoms with E-state index in [4.69, 9.17) is 27.9 Å². The van der Waals surface area contributed by atoms with Gasteiger partial charge in [0.25, 0.3) is 11.8 Å². The molecule has 0 saturated carbocycles. The summed E-state index contributed by atoms with van der Waals surface area (Å²) in [5, 5.41) is 4.17. The number of pyridine rings is 1. The van der Waals surface area contributed by atoms with Crippen molar-refractivity contribution in [3.63, 3.8) is 0 Å². The van der Waals surface area contributed by atoms with E-state index < -0.39 is 0 Å². The van der Waals surface area contributed by atoms with Gasteiger partial charge in [-0.15, -0.1) is 0 Å². The lowest BCUT2D eigenvalue weighted by Crippen LogP contribution is -2.50. The van der Waals surface area contributed by atoms with E-state index in [0.29, 0.717) is 53.6 Å². The van der Waals surface area contributed by atoms with Gasteiger partial charge in [-0.2, -0.15) is 0 Å². The number of hydrogen-bond acceptors (Lipinski definition) is 5. The second-order valence-corrected chi connectivity index (χ2v) is 10.9. The summed E-state index contributed by atoms with van der Waals surface area (Å²) < 4.78 is 6.09. The van der Waals surface area contributed by atoms with Gasteiger partial charge in [0.1, 0.15) is 17.9 Å². The number of ether oxygens (including phenoxy) is 1. The normalized spacial score (nSPS) is 13.4. The van der Waals surface area contributed by atoms with E-state index in [2.05, 4.69) is 10.3 Å². The quantitative estimate of drug-likeness (QED) is 0.266. The van der Waals surface area contributed by atoms with Gasteiger partial charge in [0.15, 0.2) is 0 Å². The van der Waals surface area contributed by atoms with Crippen LogP contribution in [-0.4, -0.2) is 65.7 Å². The predicted molar refractivity (Wildman–Crippen MR) is 169 cm³/mol. The number of aromatic nitrogens is 1. The van der Waals surface area contributed by atoms with Gasteiger partial charge in [-0.3, -0.25) is 14.4 Å². The monoisotopic (exact) mass is 616 g/mol. The Balaban J connectivity index is 1.21. The van der Waals surface area contributed by atoms with Crippen molar-refractivity contribution in [1.29, 1.82) is 0 Å². The molecule has 43 heavy (non-hydrogen) atoms. The summed E-state index contributed by atoms with van der Waals surface area (Å²) in [6, 6.07) is 19.9. The molecule has 2 heterocycles. The maximum absolute atomic E-state index is 13.5. The Morgan fingerprint density at radius 3 is 2.37 bits per heavy atom. The number of halogens is 2. The molecule has 0 radical (unpaired) electrons. The number of piperazine rings is 1. The van der Waals surface area contributed by atoms with Crippen molar-refractivity contribution in [2.75, 3.05) is 33.2 Å². The van der Waals surface area contributed by atoms with Crippen molar-refractivity contribution < 1.29 is 19.1 Å². The molecule has 0 bridgehead atoms. The highest BCUT2D eigenvalue weighted by Crippen LogP contribution is 2.32. The number of aryl methyl sites for hydroxylation is 1. The molecule has 0 aliphatic carbocycles. The van der Waals surface area contributed by atoms with Crippen LogP contribution in [-0.2, 0) is 11.4 Å². The van der Waals surface area contributed by atoms with Crippen LogP contribution in [0.15, 0.2) is 72.8 Å². The number of amides is 3. The first-order valence-corrected chi connectivity index (χ1v) is 14.5. The minimum Gasteiger partial charge on any atom is -0.487 e. The molecule has 3 aromatic carbocycles. The highest BCUT2D eigenvalue weighted by atomic mass is 35.5. The Morgan fingerprint density at radius 2 is 1.65 bits per heavy atom. The number of carbonyl (C=O) groups excluding carboxylic acids is 3. The number of fused-ring (bicyclic) bond motifs is 1. The molecule has 1 aliphatic heterocycles. The Kier molecular flexibility index (Phi) is 9.28. The van der Waals surface area contributed by atoms with Gasteiger partial charge in [-0.1, -0.05) is 53.5 Å². The van der Waals surface area contributed by atoms with Crippen LogP contribution in [0, 0.1) is 6.92 Å². The van der Waals surface area contributed by atoms with E-state index in [9.17, 15) is 14.4 Å². The topological polar surface area (TPSA) is 91.8 Å². The van der Waals surface area contributed by atoms with Gasteiger partial charge in [0, 0.05) is 66.5 Å². The number of benzene rings is 3. The highest BCUT2D eigenvalue weighted by molar-refractivity contribution is 6.38. The average molecular weight is 618 g/mol. The van der Waals surface area contributed by atoms with Gasteiger partial charge in [0.2, 0.25) is 5.91 Å². The van der Waals surface area contributed by atoms with E-state index in [0.717, 1.165) is 22.2 Å². The SMILES string of the molecule is CNC(=O)c1ccc(C=CC(=O)N2CCN(C(=O)c3ccc(Cl)c(COc4cccc5ccc(C)nc45)c3Cl)CC2)cc1. The van der Waals surface area contributed by atoms with Crippen molar-refractivity contribution in [2.24, 2.45) is 0 Å². The number of para-hydroxylation sites is 1. The van der Waals surface area contributed by atoms with Crippen molar-refractivity contribution in [1.82, 2.24) is 20.1 Å². The predicted octanol–water partition coefficient (Wildman–Crippen LogP) is 5.79. The summed E-state index contributed by atoms with van der Waals surface area (Å²) in [4.78, 5) is 45.9. The zero-order chi connectivity index (χ0) is 30.5. The molecule has 1 saturated heterocycles. The summed E-state index contributed by atoms with van der Waals surface area (Å²) >= 11 is 13.2. The van der Waals surface area contributed by atoms with E-state index >= 15 is 0 Å². The molecule has 4 aromatic rings. The summed E-state index contributed by atoms with van der Waals surface area (Å²) in [5.41, 5.74) is 3.81. The lowest BCUT2D eigenvalue weighted by Gasteiger charge is -2.34. The third-order valence-electron chi connectivity index (χ3n) is 7.31. The minimum absolute atomic E-state index is 0.0661. The average Bonchev–Trinajstić information content (AvgIpc) is 3.03. The number of rotatable bonds is 7. The molecule has 220 valence electrons. The number of hydrogen-bond donors (Lipinski definition) is 1. The zero-order valence-corrected chi connectivity index (χ0v) is 25.3. The molecule has 0 unspecified atom stereocenters. The van der Waals surface area contributed by atoms with Crippen LogP contribution < -0.4 is 10.1 Å². The highest BCUT2D eigenvalue weighted by Gasteiger charge is 2.26. The largest absolute Gasteiger partial charge is 0.487 e. The second kappa shape index (κ2) is 13.3. The molecular formula is C33H30Cl2N4O4. The summed E-state index contributed by atoms with van der Waals surface area (Å²) in [6.45, 7) is 3.49. The van der Waals surface area contributed by atoms with Crippen LogP contribution in [0.2, 0.25) is 10.0 Å². The first kappa shape index (κ1) is 30.1. The molecule has 8 nitrogen and oxygen atoms in total. The number of nitrogens with zero attached hydrogens (tertiary/aromatic N) is 3. The van der Waals surface area contributed by atoms with Gasteiger partial charge >= 0.3 is 0 Å². The van der Waals surface area contributed by atoms with Crippen molar-refractivity contribution >= 4 is 57.9 Å². The van der Waals surface area contributed by atoms with Crippen molar-refractivity contribution in [3.8, 4) is 5.75 Å². The van der Waals surface area contributed by atoms with E-state index in [1.165, 1.54) is 6.08 Å². The molecule has 1 N–H and O–H groups in total. The van der Waals surface area contributed by atoms with Crippen LogP contribution in [0.1, 0.15) is 37.5 Å². The lowest BCUT2D eigenvalue weighted by atomic mass is 10.1. The fourth-order valence-corrected chi connectivity index (χ4v) is 5.40. The first-order valence-electron chi connectivity index (χ1n) is 13.8. The molecular weight excluding hydrogens is 587 g/mol. The third-order valence-corrected chi connectivity index (χ3v) is 8.09. The Labute approximate surface area is 259 Å². The molecule has 0 atom stereocenters.